The molecule has 1 N–H and O–H groups in total. The lowest BCUT2D eigenvalue weighted by atomic mass is 9.99. The number of nitrogens with zero attached hydrogens (tertiary/aromatic N) is 4. The molecular formula is C27H34N4O4. The van der Waals surface area contributed by atoms with Crippen LogP contribution in [-0.2, 0) is 11.2 Å². The normalized spacial score (nSPS) is 18.3. The minimum atomic E-state index is -0.397. The van der Waals surface area contributed by atoms with Crippen molar-refractivity contribution in [3.05, 3.63) is 53.5 Å². The van der Waals surface area contributed by atoms with Gasteiger partial charge >= 0.3 is 0 Å². The molecule has 3 rings (SSSR count). The second-order valence-corrected chi connectivity index (χ2v) is 9.06. The van der Waals surface area contributed by atoms with Crippen molar-refractivity contribution in [2.75, 3.05) is 26.7 Å². The third-order valence-electron chi connectivity index (χ3n) is 6.11. The highest BCUT2D eigenvalue weighted by atomic mass is 16.5. The molecule has 8 heteroatoms. The maximum atomic E-state index is 13.4. The van der Waals surface area contributed by atoms with E-state index in [1.807, 2.05) is 26.0 Å². The van der Waals surface area contributed by atoms with Gasteiger partial charge in [-0.15, -0.1) is 0 Å². The molecule has 0 aliphatic carbocycles. The first-order chi connectivity index (χ1) is 16.8. The predicted octanol–water partition coefficient (Wildman–Crippen LogP) is 2.55. The molecule has 2 aromatic heterocycles. The van der Waals surface area contributed by atoms with Crippen LogP contribution in [0.15, 0.2) is 36.8 Å². The van der Waals surface area contributed by atoms with Crippen LogP contribution in [0.3, 0.4) is 0 Å². The van der Waals surface area contributed by atoms with E-state index in [0.717, 1.165) is 18.4 Å². The van der Waals surface area contributed by atoms with Crippen molar-refractivity contribution in [2.24, 2.45) is 5.92 Å². The topological polar surface area (TPSA) is 95.9 Å². The summed E-state index contributed by atoms with van der Waals surface area (Å²) in [5.41, 5.74) is 1.84. The molecule has 0 unspecified atom stereocenters. The monoisotopic (exact) mass is 478 g/mol. The van der Waals surface area contributed by atoms with E-state index in [1.165, 1.54) is 0 Å². The fraction of sp³-hybridized carbons (Fsp3) is 0.481. The van der Waals surface area contributed by atoms with Crippen LogP contribution in [0.25, 0.3) is 0 Å². The van der Waals surface area contributed by atoms with E-state index in [9.17, 15) is 14.7 Å². The third-order valence-corrected chi connectivity index (χ3v) is 6.11. The van der Waals surface area contributed by atoms with Crippen LogP contribution in [0.4, 0.5) is 0 Å². The van der Waals surface area contributed by atoms with Crippen LogP contribution < -0.4 is 4.74 Å². The van der Waals surface area contributed by atoms with Gasteiger partial charge in [0.15, 0.2) is 0 Å². The summed E-state index contributed by atoms with van der Waals surface area (Å²) in [6.07, 6.45) is 6.51. The molecule has 8 nitrogen and oxygen atoms in total. The first-order valence-electron chi connectivity index (χ1n) is 12.0. The van der Waals surface area contributed by atoms with Crippen molar-refractivity contribution in [3.8, 4) is 17.7 Å². The lowest BCUT2D eigenvalue weighted by molar-refractivity contribution is -0.130. The van der Waals surface area contributed by atoms with Crippen LogP contribution in [0, 0.1) is 17.8 Å². The zero-order chi connectivity index (χ0) is 25.4. The summed E-state index contributed by atoms with van der Waals surface area (Å²) in [5.74, 6) is 5.95. The van der Waals surface area contributed by atoms with E-state index in [0.29, 0.717) is 24.2 Å². The smallest absolute Gasteiger partial charge is 0.259 e. The number of aliphatic hydroxyl groups is 1. The first-order valence-corrected chi connectivity index (χ1v) is 12.0. The van der Waals surface area contributed by atoms with E-state index >= 15 is 0 Å². The van der Waals surface area contributed by atoms with E-state index < -0.39 is 6.10 Å². The summed E-state index contributed by atoms with van der Waals surface area (Å²) in [7, 11) is 1.75. The standard InChI is InChI=1S/C27H34N4O4/c1-5-6-7-8-22-13-23-26(29-15-22)35-24(19(2)16-31(27(23)34)20(3)18-32)17-30(4)25(33)14-21-9-11-28-12-10-21/h9-13,15,19-20,24,32H,5-6,14,16-18H2,1-4H3/t19-,20-,24-/m1/s1. The summed E-state index contributed by atoms with van der Waals surface area (Å²) < 4.78 is 6.26. The molecule has 186 valence electrons. The number of pyridine rings is 2. The van der Waals surface area contributed by atoms with Crippen molar-refractivity contribution >= 4 is 11.8 Å². The predicted molar refractivity (Wildman–Crippen MR) is 133 cm³/mol. The Morgan fingerprint density at radius 3 is 2.80 bits per heavy atom. The number of ether oxygens (including phenoxy) is 1. The number of amides is 2. The summed E-state index contributed by atoms with van der Waals surface area (Å²) >= 11 is 0. The van der Waals surface area contributed by atoms with Crippen molar-refractivity contribution in [2.45, 2.75) is 52.2 Å². The number of unbranched alkanes of at least 4 members (excludes halogenated alkanes) is 1. The van der Waals surface area contributed by atoms with E-state index in [2.05, 4.69) is 28.7 Å². The summed E-state index contributed by atoms with van der Waals surface area (Å²) in [6, 6.07) is 4.97. The average molecular weight is 479 g/mol. The zero-order valence-electron chi connectivity index (χ0n) is 20.9. The maximum Gasteiger partial charge on any atom is 0.259 e. The molecule has 3 atom stereocenters. The Bertz CT molecular complexity index is 1080. The SMILES string of the molecule is CCCC#Cc1cnc2c(c1)C(=O)N([C@H](C)CO)C[C@@H](C)[C@@H](CN(C)C(=O)Cc1ccncc1)O2. The Kier molecular flexibility index (Phi) is 9.21. The molecular weight excluding hydrogens is 444 g/mol. The Balaban J connectivity index is 1.87. The number of hydrogen-bond acceptors (Lipinski definition) is 6. The second-order valence-electron chi connectivity index (χ2n) is 9.06. The van der Waals surface area contributed by atoms with Crippen molar-refractivity contribution in [3.63, 3.8) is 0 Å². The van der Waals surface area contributed by atoms with Crippen molar-refractivity contribution < 1.29 is 19.4 Å². The zero-order valence-corrected chi connectivity index (χ0v) is 20.9. The van der Waals surface area contributed by atoms with E-state index in [-0.39, 0.29) is 42.7 Å². The molecule has 0 saturated carbocycles. The Hall–Kier alpha value is -3.44. The number of aliphatic hydroxyl groups excluding tert-OH is 1. The van der Waals surface area contributed by atoms with E-state index in [1.54, 1.807) is 41.5 Å². The van der Waals surface area contributed by atoms with Gasteiger partial charge in [-0.2, -0.15) is 0 Å². The largest absolute Gasteiger partial charge is 0.472 e. The molecule has 0 saturated heterocycles. The van der Waals surface area contributed by atoms with Gasteiger partial charge < -0.3 is 19.6 Å². The van der Waals surface area contributed by atoms with Gasteiger partial charge in [-0.1, -0.05) is 25.7 Å². The number of carbonyl (C=O) groups is 2. The van der Waals surface area contributed by atoms with Gasteiger partial charge in [0.1, 0.15) is 11.7 Å². The lowest BCUT2D eigenvalue weighted by Gasteiger charge is -2.37. The highest BCUT2D eigenvalue weighted by Gasteiger charge is 2.34. The van der Waals surface area contributed by atoms with Crippen LogP contribution in [0.5, 0.6) is 5.88 Å². The van der Waals surface area contributed by atoms with E-state index in [4.69, 9.17) is 4.74 Å². The van der Waals surface area contributed by atoms with Crippen molar-refractivity contribution in [1.82, 2.24) is 19.8 Å². The number of likely N-dealkylation sites (N-methyl/N-ethyl adjacent to an activating group) is 1. The van der Waals surface area contributed by atoms with Gasteiger partial charge in [0.05, 0.1) is 25.6 Å². The minimum absolute atomic E-state index is 0.0413. The van der Waals surface area contributed by atoms with Gasteiger partial charge in [0, 0.05) is 50.1 Å². The highest BCUT2D eigenvalue weighted by molar-refractivity contribution is 5.97. The summed E-state index contributed by atoms with van der Waals surface area (Å²) in [6.45, 7) is 6.39. The van der Waals surface area contributed by atoms with Crippen LogP contribution in [-0.4, -0.2) is 75.6 Å². The molecule has 1 aliphatic heterocycles. The Morgan fingerprint density at radius 2 is 2.11 bits per heavy atom. The number of aromatic nitrogens is 2. The molecule has 35 heavy (non-hydrogen) atoms. The Morgan fingerprint density at radius 1 is 1.37 bits per heavy atom. The van der Waals surface area contributed by atoms with Crippen LogP contribution in [0.2, 0.25) is 0 Å². The minimum Gasteiger partial charge on any atom is -0.472 e. The molecule has 0 radical (unpaired) electrons. The van der Waals surface area contributed by atoms with Crippen molar-refractivity contribution in [1.29, 1.82) is 0 Å². The van der Waals surface area contributed by atoms with Gasteiger partial charge in [-0.3, -0.25) is 14.6 Å². The number of rotatable bonds is 7. The molecule has 2 amide bonds. The molecule has 0 aromatic carbocycles. The maximum absolute atomic E-state index is 13.4. The first kappa shape index (κ1) is 26.2. The van der Waals surface area contributed by atoms with Gasteiger partial charge in [0.2, 0.25) is 11.8 Å². The summed E-state index contributed by atoms with van der Waals surface area (Å²) in [5, 5.41) is 9.80. The molecule has 1 aliphatic rings. The number of carbonyl (C=O) groups excluding carboxylic acids is 2. The van der Waals surface area contributed by atoms with Gasteiger partial charge in [0.25, 0.3) is 5.91 Å². The second kappa shape index (κ2) is 12.3. The summed E-state index contributed by atoms with van der Waals surface area (Å²) in [4.78, 5) is 38.0. The average Bonchev–Trinajstić information content (AvgIpc) is 2.86. The molecule has 3 heterocycles. The quantitative estimate of drug-likeness (QED) is 0.615. The van der Waals surface area contributed by atoms with Crippen LogP contribution in [0.1, 0.15) is 55.1 Å². The highest BCUT2D eigenvalue weighted by Crippen LogP contribution is 2.27. The third kappa shape index (κ3) is 6.80. The fourth-order valence-electron chi connectivity index (χ4n) is 3.86. The number of hydrogen-bond donors (Lipinski definition) is 1. The van der Waals surface area contributed by atoms with Gasteiger partial charge in [-0.25, -0.2) is 4.98 Å². The molecule has 0 bridgehead atoms. The van der Waals surface area contributed by atoms with Crippen LogP contribution >= 0.6 is 0 Å². The van der Waals surface area contributed by atoms with Gasteiger partial charge in [-0.05, 0) is 37.1 Å². The molecule has 0 fully saturated rings. The lowest BCUT2D eigenvalue weighted by Crippen LogP contribution is -2.50. The molecule has 0 spiro atoms. The number of fused-ring (bicyclic) bond motifs is 1. The molecule has 2 aromatic rings. The Labute approximate surface area is 207 Å². The fourth-order valence-corrected chi connectivity index (χ4v) is 3.86.